The van der Waals surface area contributed by atoms with Gasteiger partial charge in [-0.3, -0.25) is 4.79 Å². The van der Waals surface area contributed by atoms with Crippen molar-refractivity contribution in [2.45, 2.75) is 24.9 Å². The van der Waals surface area contributed by atoms with E-state index >= 15 is 0 Å². The van der Waals surface area contributed by atoms with E-state index in [0.29, 0.717) is 29.9 Å². The molecule has 0 saturated carbocycles. The summed E-state index contributed by atoms with van der Waals surface area (Å²) in [5, 5.41) is 11.6. The number of ether oxygens (including phenoxy) is 1. The summed E-state index contributed by atoms with van der Waals surface area (Å²) in [5.41, 5.74) is 1.10. The molecule has 1 saturated heterocycles. The van der Waals surface area contributed by atoms with Crippen molar-refractivity contribution in [1.29, 1.82) is 0 Å². The maximum absolute atomic E-state index is 12.7. The number of aryl methyl sites for hydroxylation is 1. The average Bonchev–Trinajstić information content (AvgIpc) is 3.37. The van der Waals surface area contributed by atoms with Crippen LogP contribution < -0.4 is 10.9 Å². The Kier molecular flexibility index (Phi) is 5.44. The largest absolute Gasteiger partial charge is 0.416 e. The van der Waals surface area contributed by atoms with Gasteiger partial charge in [0.05, 0.1) is 30.5 Å². The number of pyridine rings is 1. The molecule has 158 valence electrons. The molecule has 0 radical (unpaired) electrons. The second kappa shape index (κ2) is 8.04. The lowest BCUT2D eigenvalue weighted by atomic mass is 10.1. The molecule has 0 unspecified atom stereocenters. The first kappa shape index (κ1) is 20.3. The summed E-state index contributed by atoms with van der Waals surface area (Å²) in [5.74, 6) is 0. The third kappa shape index (κ3) is 4.29. The lowest BCUT2D eigenvalue weighted by molar-refractivity contribution is -0.137. The van der Waals surface area contributed by atoms with Crippen LogP contribution in [0.25, 0.3) is 11.3 Å². The molecule has 2 atom stereocenters. The van der Waals surface area contributed by atoms with E-state index in [1.54, 1.807) is 30.2 Å². The Hall–Kier alpha value is -2.98. The lowest BCUT2D eigenvalue weighted by Gasteiger charge is -2.19. The van der Waals surface area contributed by atoms with Crippen LogP contribution in [0.4, 0.5) is 13.2 Å². The van der Waals surface area contributed by atoms with Gasteiger partial charge in [-0.1, -0.05) is 17.3 Å². The van der Waals surface area contributed by atoms with E-state index in [1.807, 2.05) is 0 Å². The standard InChI is InChI=1S/C20H20F3N5O2/c1-27-7-6-14(8-19(27)29)16-11-28(26-25-16)17-9-24-10-18(17)30-12-13-2-4-15(5-3-13)20(21,22)23/h2-8,11,17-18,24H,9-10,12H2,1H3/t17-,18-/m1/s1. The van der Waals surface area contributed by atoms with Crippen molar-refractivity contribution in [3.8, 4) is 11.3 Å². The Morgan fingerprint density at radius 1 is 1.20 bits per heavy atom. The van der Waals surface area contributed by atoms with Gasteiger partial charge in [0.15, 0.2) is 0 Å². The highest BCUT2D eigenvalue weighted by molar-refractivity contribution is 5.56. The highest BCUT2D eigenvalue weighted by atomic mass is 19.4. The number of nitrogens with zero attached hydrogens (tertiary/aromatic N) is 4. The van der Waals surface area contributed by atoms with Crippen LogP contribution >= 0.6 is 0 Å². The fraction of sp³-hybridized carbons (Fsp3) is 0.350. The van der Waals surface area contributed by atoms with Crippen LogP contribution in [0.15, 0.2) is 53.6 Å². The number of benzene rings is 1. The number of hydrogen-bond donors (Lipinski definition) is 1. The Labute approximate surface area is 170 Å². The minimum Gasteiger partial charge on any atom is -0.370 e. The molecule has 1 aromatic carbocycles. The predicted molar refractivity (Wildman–Crippen MR) is 103 cm³/mol. The van der Waals surface area contributed by atoms with Gasteiger partial charge in [0.25, 0.3) is 5.56 Å². The first-order valence-electron chi connectivity index (χ1n) is 9.38. The van der Waals surface area contributed by atoms with Crippen molar-refractivity contribution < 1.29 is 17.9 Å². The molecule has 2 aromatic heterocycles. The maximum Gasteiger partial charge on any atom is 0.416 e. The van der Waals surface area contributed by atoms with Crippen LogP contribution in [0.5, 0.6) is 0 Å². The number of halogens is 3. The molecule has 4 rings (SSSR count). The summed E-state index contributed by atoms with van der Waals surface area (Å²) in [7, 11) is 1.67. The molecule has 1 fully saturated rings. The Morgan fingerprint density at radius 2 is 1.97 bits per heavy atom. The van der Waals surface area contributed by atoms with E-state index in [9.17, 15) is 18.0 Å². The first-order chi connectivity index (χ1) is 14.3. The lowest BCUT2D eigenvalue weighted by Crippen LogP contribution is -2.26. The smallest absolute Gasteiger partial charge is 0.370 e. The van der Waals surface area contributed by atoms with Crippen molar-refractivity contribution in [2.75, 3.05) is 13.1 Å². The number of hydrogen-bond acceptors (Lipinski definition) is 5. The monoisotopic (exact) mass is 419 g/mol. The van der Waals surface area contributed by atoms with Gasteiger partial charge in [-0.2, -0.15) is 13.2 Å². The number of alkyl halides is 3. The number of nitrogens with one attached hydrogen (secondary N) is 1. The normalized spacial score (nSPS) is 19.3. The second-order valence-electron chi connectivity index (χ2n) is 7.22. The summed E-state index contributed by atoms with van der Waals surface area (Å²) < 4.78 is 47.2. The zero-order chi connectivity index (χ0) is 21.3. The van der Waals surface area contributed by atoms with E-state index in [-0.39, 0.29) is 24.3 Å². The summed E-state index contributed by atoms with van der Waals surface area (Å²) in [6.45, 7) is 1.40. The van der Waals surface area contributed by atoms with E-state index in [0.717, 1.165) is 12.1 Å². The minimum atomic E-state index is -4.35. The van der Waals surface area contributed by atoms with E-state index in [1.165, 1.54) is 22.8 Å². The van der Waals surface area contributed by atoms with Crippen LogP contribution in [0.2, 0.25) is 0 Å². The molecule has 3 aromatic rings. The third-order valence-electron chi connectivity index (χ3n) is 5.12. The highest BCUT2D eigenvalue weighted by Crippen LogP contribution is 2.29. The van der Waals surface area contributed by atoms with Gasteiger partial charge in [-0.05, 0) is 23.8 Å². The molecule has 7 nitrogen and oxygen atoms in total. The fourth-order valence-electron chi connectivity index (χ4n) is 3.35. The summed E-state index contributed by atoms with van der Waals surface area (Å²) in [6, 6.07) is 8.12. The average molecular weight is 419 g/mol. The van der Waals surface area contributed by atoms with Gasteiger partial charge in [-0.25, -0.2) is 4.68 Å². The third-order valence-corrected chi connectivity index (χ3v) is 5.12. The summed E-state index contributed by atoms with van der Waals surface area (Å²) in [6.07, 6.45) is -1.14. The van der Waals surface area contributed by atoms with Gasteiger partial charge in [-0.15, -0.1) is 5.10 Å². The van der Waals surface area contributed by atoms with Gasteiger partial charge in [0.1, 0.15) is 5.69 Å². The van der Waals surface area contributed by atoms with Crippen molar-refractivity contribution in [1.82, 2.24) is 24.9 Å². The summed E-state index contributed by atoms with van der Waals surface area (Å²) >= 11 is 0. The molecule has 1 aliphatic rings. The molecule has 0 spiro atoms. The van der Waals surface area contributed by atoms with Crippen molar-refractivity contribution in [3.63, 3.8) is 0 Å². The van der Waals surface area contributed by atoms with E-state index < -0.39 is 11.7 Å². The van der Waals surface area contributed by atoms with Crippen molar-refractivity contribution in [3.05, 3.63) is 70.3 Å². The maximum atomic E-state index is 12.7. The van der Waals surface area contributed by atoms with E-state index in [2.05, 4.69) is 15.6 Å². The Balaban J connectivity index is 1.43. The Bertz CT molecular complexity index is 1080. The van der Waals surface area contributed by atoms with Crippen LogP contribution in [0, 0.1) is 0 Å². The molecule has 30 heavy (non-hydrogen) atoms. The van der Waals surface area contributed by atoms with Crippen LogP contribution in [-0.4, -0.2) is 38.8 Å². The molecule has 0 aliphatic carbocycles. The SMILES string of the molecule is Cn1ccc(-c2cn([C@@H]3CNC[C@H]3OCc3ccc(C(F)(F)F)cc3)nn2)cc1=O. The summed E-state index contributed by atoms with van der Waals surface area (Å²) in [4.78, 5) is 11.8. The molecule has 10 heteroatoms. The number of aromatic nitrogens is 4. The molecule has 1 aliphatic heterocycles. The van der Waals surface area contributed by atoms with Crippen molar-refractivity contribution in [2.24, 2.45) is 7.05 Å². The van der Waals surface area contributed by atoms with Crippen LogP contribution in [-0.2, 0) is 24.6 Å². The zero-order valence-corrected chi connectivity index (χ0v) is 16.1. The van der Waals surface area contributed by atoms with Crippen molar-refractivity contribution >= 4 is 0 Å². The molecular weight excluding hydrogens is 399 g/mol. The molecular formula is C20H20F3N5O2. The molecule has 1 N–H and O–H groups in total. The zero-order valence-electron chi connectivity index (χ0n) is 16.1. The van der Waals surface area contributed by atoms with Gasteiger partial charge in [0.2, 0.25) is 0 Å². The molecule has 0 bridgehead atoms. The quantitative estimate of drug-likeness (QED) is 0.688. The van der Waals surface area contributed by atoms with Gasteiger partial charge >= 0.3 is 6.18 Å². The second-order valence-corrected chi connectivity index (χ2v) is 7.22. The fourth-order valence-corrected chi connectivity index (χ4v) is 3.35. The topological polar surface area (TPSA) is 74.0 Å². The van der Waals surface area contributed by atoms with E-state index in [4.69, 9.17) is 4.74 Å². The Morgan fingerprint density at radius 3 is 2.67 bits per heavy atom. The highest BCUT2D eigenvalue weighted by Gasteiger charge is 2.31. The minimum absolute atomic E-state index is 0.118. The van der Waals surface area contributed by atoms with Crippen LogP contribution in [0.3, 0.4) is 0 Å². The molecule has 3 heterocycles. The predicted octanol–water partition coefficient (Wildman–Crippen LogP) is 2.39. The van der Waals surface area contributed by atoms with Gasteiger partial charge in [0, 0.05) is 38.0 Å². The van der Waals surface area contributed by atoms with Crippen LogP contribution in [0.1, 0.15) is 17.2 Å². The number of rotatable bonds is 5. The first-order valence-corrected chi connectivity index (χ1v) is 9.38. The molecule has 0 amide bonds. The van der Waals surface area contributed by atoms with Gasteiger partial charge < -0.3 is 14.6 Å².